The molecule has 0 saturated carbocycles. The number of aromatic nitrogens is 3. The summed E-state index contributed by atoms with van der Waals surface area (Å²) in [7, 11) is 1.69. The third-order valence-electron chi connectivity index (χ3n) is 3.98. The number of rotatable bonds is 9. The summed E-state index contributed by atoms with van der Waals surface area (Å²) < 4.78 is 13.1. The smallest absolute Gasteiger partial charge is 0.161 e. The lowest BCUT2D eigenvalue weighted by Crippen LogP contribution is -2.04. The van der Waals surface area contributed by atoms with E-state index in [0.717, 1.165) is 43.0 Å². The van der Waals surface area contributed by atoms with Gasteiger partial charge in [-0.1, -0.05) is 25.1 Å². The normalized spacial score (nSPS) is 12.2. The Hall–Kier alpha value is -2.04. The van der Waals surface area contributed by atoms with Crippen molar-refractivity contribution in [2.75, 3.05) is 13.7 Å². The van der Waals surface area contributed by atoms with Gasteiger partial charge >= 0.3 is 0 Å². The molecule has 0 saturated heterocycles. The molecular formula is C18H27N3O2. The molecule has 5 heteroatoms. The number of hydrogen-bond acceptors (Lipinski definition) is 4. The average Bonchev–Trinajstić information content (AvgIpc) is 3.05. The minimum Gasteiger partial charge on any atom is -0.493 e. The summed E-state index contributed by atoms with van der Waals surface area (Å²) in [5.41, 5.74) is 2.28. The molecule has 23 heavy (non-hydrogen) atoms. The van der Waals surface area contributed by atoms with Crippen molar-refractivity contribution >= 4 is 0 Å². The fourth-order valence-corrected chi connectivity index (χ4v) is 2.61. The van der Waals surface area contributed by atoms with E-state index in [4.69, 9.17) is 9.47 Å². The van der Waals surface area contributed by atoms with Crippen LogP contribution < -0.4 is 9.47 Å². The SMILES string of the molecule is CCCOc1ccc(C(CC)Cc2cn(CC)nn2)cc1OC. The monoisotopic (exact) mass is 317 g/mol. The minimum absolute atomic E-state index is 0.395. The molecule has 0 aliphatic carbocycles. The van der Waals surface area contributed by atoms with E-state index < -0.39 is 0 Å². The molecule has 126 valence electrons. The molecule has 0 aliphatic heterocycles. The molecule has 2 aromatic rings. The molecule has 0 radical (unpaired) electrons. The molecule has 0 amide bonds. The Bertz CT molecular complexity index is 610. The number of nitrogens with zero attached hydrogens (tertiary/aromatic N) is 3. The fraction of sp³-hybridized carbons (Fsp3) is 0.556. The molecule has 5 nitrogen and oxygen atoms in total. The third-order valence-corrected chi connectivity index (χ3v) is 3.98. The standard InChI is InChI=1S/C18H27N3O2/c1-5-10-23-17-9-8-15(12-18(17)22-4)14(6-2)11-16-13-21(7-3)20-19-16/h8-9,12-14H,5-7,10-11H2,1-4H3. The summed E-state index contributed by atoms with van der Waals surface area (Å²) in [5, 5.41) is 8.38. The van der Waals surface area contributed by atoms with Crippen molar-refractivity contribution in [3.05, 3.63) is 35.7 Å². The van der Waals surface area contributed by atoms with E-state index in [1.807, 2.05) is 16.9 Å². The molecule has 0 spiro atoms. The van der Waals surface area contributed by atoms with E-state index in [1.54, 1.807) is 7.11 Å². The number of methoxy groups -OCH3 is 1. The first-order valence-corrected chi connectivity index (χ1v) is 8.41. The number of aryl methyl sites for hydroxylation is 1. The number of benzene rings is 1. The first-order valence-electron chi connectivity index (χ1n) is 8.41. The lowest BCUT2D eigenvalue weighted by Gasteiger charge is -2.17. The Morgan fingerprint density at radius 1 is 1.17 bits per heavy atom. The molecule has 1 atom stereocenters. The van der Waals surface area contributed by atoms with Crippen molar-refractivity contribution in [1.29, 1.82) is 0 Å². The summed E-state index contributed by atoms with van der Waals surface area (Å²) in [4.78, 5) is 0. The van der Waals surface area contributed by atoms with Crippen LogP contribution in [0.15, 0.2) is 24.4 Å². The zero-order valence-corrected chi connectivity index (χ0v) is 14.6. The van der Waals surface area contributed by atoms with Crippen molar-refractivity contribution < 1.29 is 9.47 Å². The second-order valence-electron chi connectivity index (χ2n) is 5.63. The molecule has 1 unspecified atom stereocenters. The van der Waals surface area contributed by atoms with Crippen LogP contribution in [0.4, 0.5) is 0 Å². The Morgan fingerprint density at radius 2 is 2.00 bits per heavy atom. The van der Waals surface area contributed by atoms with Crippen LogP contribution in [0.25, 0.3) is 0 Å². The summed E-state index contributed by atoms with van der Waals surface area (Å²) in [6.07, 6.45) is 4.93. The maximum Gasteiger partial charge on any atom is 0.161 e. The van der Waals surface area contributed by atoms with Crippen molar-refractivity contribution in [2.24, 2.45) is 0 Å². The summed E-state index contributed by atoms with van der Waals surface area (Å²) in [6.45, 7) is 7.91. The van der Waals surface area contributed by atoms with E-state index in [-0.39, 0.29) is 0 Å². The van der Waals surface area contributed by atoms with E-state index in [1.165, 1.54) is 5.56 Å². The molecule has 1 aromatic carbocycles. The first-order chi connectivity index (χ1) is 11.2. The van der Waals surface area contributed by atoms with Crippen molar-refractivity contribution in [2.45, 2.75) is 52.5 Å². The van der Waals surface area contributed by atoms with Gasteiger partial charge in [0.15, 0.2) is 11.5 Å². The van der Waals surface area contributed by atoms with Crippen LogP contribution in [0, 0.1) is 0 Å². The predicted molar refractivity (Wildman–Crippen MR) is 91.2 cm³/mol. The number of ether oxygens (including phenoxy) is 2. The highest BCUT2D eigenvalue weighted by atomic mass is 16.5. The zero-order chi connectivity index (χ0) is 16.7. The molecule has 0 fully saturated rings. The lowest BCUT2D eigenvalue weighted by atomic mass is 9.92. The maximum atomic E-state index is 5.73. The Balaban J connectivity index is 2.16. The first kappa shape index (κ1) is 17.3. The summed E-state index contributed by atoms with van der Waals surface area (Å²) >= 11 is 0. The summed E-state index contributed by atoms with van der Waals surface area (Å²) in [5.74, 6) is 2.00. The van der Waals surface area contributed by atoms with E-state index >= 15 is 0 Å². The van der Waals surface area contributed by atoms with Gasteiger partial charge in [0, 0.05) is 12.7 Å². The third kappa shape index (κ3) is 4.47. The molecule has 1 aromatic heterocycles. The van der Waals surface area contributed by atoms with Gasteiger partial charge in [-0.15, -0.1) is 5.10 Å². The van der Waals surface area contributed by atoms with Crippen LogP contribution in [0.2, 0.25) is 0 Å². The highest BCUT2D eigenvalue weighted by Crippen LogP contribution is 2.33. The van der Waals surface area contributed by atoms with Crippen LogP contribution in [-0.4, -0.2) is 28.7 Å². The Labute approximate surface area is 138 Å². The van der Waals surface area contributed by atoms with E-state index in [2.05, 4.69) is 43.2 Å². The van der Waals surface area contributed by atoms with Crippen LogP contribution >= 0.6 is 0 Å². The van der Waals surface area contributed by atoms with Crippen molar-refractivity contribution in [3.8, 4) is 11.5 Å². The minimum atomic E-state index is 0.395. The van der Waals surface area contributed by atoms with Crippen LogP contribution in [-0.2, 0) is 13.0 Å². The molecule has 0 aliphatic rings. The van der Waals surface area contributed by atoms with Gasteiger partial charge in [0.25, 0.3) is 0 Å². The Kier molecular flexibility index (Phi) is 6.44. The van der Waals surface area contributed by atoms with Crippen molar-refractivity contribution in [3.63, 3.8) is 0 Å². The van der Waals surface area contributed by atoms with Gasteiger partial charge in [-0.3, -0.25) is 4.68 Å². The fourth-order valence-electron chi connectivity index (χ4n) is 2.61. The van der Waals surface area contributed by atoms with Gasteiger partial charge in [-0.05, 0) is 49.8 Å². The van der Waals surface area contributed by atoms with Crippen LogP contribution in [0.5, 0.6) is 11.5 Å². The topological polar surface area (TPSA) is 49.2 Å². The van der Waals surface area contributed by atoms with Gasteiger partial charge < -0.3 is 9.47 Å². The lowest BCUT2D eigenvalue weighted by molar-refractivity contribution is 0.294. The van der Waals surface area contributed by atoms with Crippen LogP contribution in [0.3, 0.4) is 0 Å². The van der Waals surface area contributed by atoms with E-state index in [0.29, 0.717) is 12.5 Å². The quantitative estimate of drug-likeness (QED) is 0.705. The van der Waals surface area contributed by atoms with Gasteiger partial charge in [0.2, 0.25) is 0 Å². The zero-order valence-electron chi connectivity index (χ0n) is 14.6. The number of hydrogen-bond donors (Lipinski definition) is 0. The van der Waals surface area contributed by atoms with Gasteiger partial charge in [0.1, 0.15) is 0 Å². The highest BCUT2D eigenvalue weighted by Gasteiger charge is 2.15. The molecule has 2 rings (SSSR count). The highest BCUT2D eigenvalue weighted by molar-refractivity contribution is 5.44. The molecule has 1 heterocycles. The molecular weight excluding hydrogens is 290 g/mol. The van der Waals surface area contributed by atoms with E-state index in [9.17, 15) is 0 Å². The predicted octanol–water partition coefficient (Wildman–Crippen LogP) is 3.83. The largest absolute Gasteiger partial charge is 0.493 e. The van der Waals surface area contributed by atoms with Crippen molar-refractivity contribution in [1.82, 2.24) is 15.0 Å². The van der Waals surface area contributed by atoms with Crippen LogP contribution in [0.1, 0.15) is 50.8 Å². The second kappa shape index (κ2) is 8.56. The van der Waals surface area contributed by atoms with Gasteiger partial charge in [-0.2, -0.15) is 0 Å². The molecule has 0 bridgehead atoms. The Morgan fingerprint density at radius 3 is 2.61 bits per heavy atom. The second-order valence-corrected chi connectivity index (χ2v) is 5.63. The van der Waals surface area contributed by atoms with Gasteiger partial charge in [0.05, 0.1) is 19.4 Å². The van der Waals surface area contributed by atoms with Gasteiger partial charge in [-0.25, -0.2) is 0 Å². The average molecular weight is 317 g/mol. The summed E-state index contributed by atoms with van der Waals surface area (Å²) in [6, 6.07) is 6.23. The molecule has 0 N–H and O–H groups in total. The maximum absolute atomic E-state index is 5.73.